The maximum absolute atomic E-state index is 12.4. The van der Waals surface area contributed by atoms with E-state index in [1.807, 2.05) is 26.8 Å². The summed E-state index contributed by atoms with van der Waals surface area (Å²) in [7, 11) is -1.18. The third-order valence-electron chi connectivity index (χ3n) is 2.94. The summed E-state index contributed by atoms with van der Waals surface area (Å²) in [6, 6.07) is 5.37. The molecular weight excluding hydrogens is 276 g/mol. The maximum atomic E-state index is 12.4. The minimum Gasteiger partial charge on any atom is -0.444 e. The summed E-state index contributed by atoms with van der Waals surface area (Å²) in [5, 5.41) is 0.501. The van der Waals surface area contributed by atoms with Crippen LogP contribution in [-0.2, 0) is 15.5 Å². The Labute approximate surface area is 121 Å². The summed E-state index contributed by atoms with van der Waals surface area (Å²) in [6.45, 7) is 6.55. The fourth-order valence-electron chi connectivity index (χ4n) is 2.03. The van der Waals surface area contributed by atoms with E-state index in [2.05, 4.69) is 4.98 Å². The molecule has 0 aliphatic carbocycles. The van der Waals surface area contributed by atoms with Crippen molar-refractivity contribution in [1.82, 2.24) is 9.88 Å². The molecule has 1 aromatic heterocycles. The Morgan fingerprint density at radius 3 is 2.80 bits per heavy atom. The van der Waals surface area contributed by atoms with Crippen molar-refractivity contribution in [2.24, 2.45) is 0 Å². The Kier molecular flexibility index (Phi) is 4.42. The molecule has 5 nitrogen and oxygen atoms in total. The SMILES string of the molecule is CC(C)(C)OC(=O)N1CC[C@@H](S(=O)c2ccccn2)C1. The topological polar surface area (TPSA) is 59.5 Å². The second-order valence-corrected chi connectivity index (χ2v) is 7.48. The number of likely N-dealkylation sites (tertiary alicyclic amines) is 1. The van der Waals surface area contributed by atoms with Gasteiger partial charge in [-0.15, -0.1) is 0 Å². The van der Waals surface area contributed by atoms with Crippen LogP contribution in [0.2, 0.25) is 0 Å². The fraction of sp³-hybridized carbons (Fsp3) is 0.571. The molecule has 1 amide bonds. The molecule has 0 saturated carbocycles. The Balaban J connectivity index is 1.96. The molecule has 0 radical (unpaired) electrons. The Hall–Kier alpha value is -1.43. The highest BCUT2D eigenvalue weighted by molar-refractivity contribution is 7.85. The van der Waals surface area contributed by atoms with E-state index >= 15 is 0 Å². The third-order valence-corrected chi connectivity index (χ3v) is 4.59. The second-order valence-electron chi connectivity index (χ2n) is 5.80. The van der Waals surface area contributed by atoms with Gasteiger partial charge in [0.25, 0.3) is 0 Å². The van der Waals surface area contributed by atoms with Crippen molar-refractivity contribution in [3.8, 4) is 0 Å². The molecule has 2 atom stereocenters. The smallest absolute Gasteiger partial charge is 0.410 e. The summed E-state index contributed by atoms with van der Waals surface area (Å²) in [4.78, 5) is 17.7. The molecule has 6 heteroatoms. The quantitative estimate of drug-likeness (QED) is 0.839. The Bertz CT molecular complexity index is 499. The van der Waals surface area contributed by atoms with E-state index in [4.69, 9.17) is 4.74 Å². The zero-order valence-corrected chi connectivity index (χ0v) is 12.9. The molecule has 1 fully saturated rings. The van der Waals surface area contributed by atoms with E-state index in [1.54, 1.807) is 23.2 Å². The van der Waals surface area contributed by atoms with Gasteiger partial charge in [0.05, 0.1) is 16.0 Å². The zero-order chi connectivity index (χ0) is 14.8. The lowest BCUT2D eigenvalue weighted by atomic mass is 10.2. The van der Waals surface area contributed by atoms with Crippen molar-refractivity contribution in [2.45, 2.75) is 43.1 Å². The fourth-order valence-corrected chi connectivity index (χ4v) is 3.39. The average molecular weight is 296 g/mol. The predicted molar refractivity (Wildman–Crippen MR) is 76.9 cm³/mol. The lowest BCUT2D eigenvalue weighted by Gasteiger charge is -2.24. The van der Waals surface area contributed by atoms with E-state index in [9.17, 15) is 9.00 Å². The van der Waals surface area contributed by atoms with E-state index in [-0.39, 0.29) is 11.3 Å². The first-order valence-electron chi connectivity index (χ1n) is 6.66. The first-order chi connectivity index (χ1) is 9.37. The molecule has 1 saturated heterocycles. The van der Waals surface area contributed by atoms with E-state index in [1.165, 1.54) is 0 Å². The number of hydrogen-bond donors (Lipinski definition) is 0. The van der Waals surface area contributed by atoms with Crippen molar-refractivity contribution in [2.75, 3.05) is 13.1 Å². The lowest BCUT2D eigenvalue weighted by Crippen LogP contribution is -2.36. The van der Waals surface area contributed by atoms with Gasteiger partial charge in [-0.25, -0.2) is 9.78 Å². The van der Waals surface area contributed by atoms with Crippen molar-refractivity contribution in [3.63, 3.8) is 0 Å². The van der Waals surface area contributed by atoms with Crippen LogP contribution in [0.4, 0.5) is 4.79 Å². The highest BCUT2D eigenvalue weighted by atomic mass is 32.2. The molecule has 0 spiro atoms. The van der Waals surface area contributed by atoms with Crippen LogP contribution in [0.15, 0.2) is 29.4 Å². The van der Waals surface area contributed by atoms with Crippen molar-refractivity contribution in [1.29, 1.82) is 0 Å². The number of rotatable bonds is 2. The van der Waals surface area contributed by atoms with Crippen LogP contribution in [0.3, 0.4) is 0 Å². The largest absolute Gasteiger partial charge is 0.444 e. The lowest BCUT2D eigenvalue weighted by molar-refractivity contribution is 0.0295. The van der Waals surface area contributed by atoms with Gasteiger partial charge in [-0.3, -0.25) is 4.21 Å². The number of nitrogens with zero attached hydrogens (tertiary/aromatic N) is 2. The van der Waals surface area contributed by atoms with E-state index in [0.29, 0.717) is 24.5 Å². The molecule has 20 heavy (non-hydrogen) atoms. The minimum absolute atomic E-state index is 0.0718. The van der Waals surface area contributed by atoms with Crippen LogP contribution in [0.1, 0.15) is 27.2 Å². The van der Waals surface area contributed by atoms with Crippen LogP contribution in [0.5, 0.6) is 0 Å². The highest BCUT2D eigenvalue weighted by Gasteiger charge is 2.33. The molecule has 1 aliphatic rings. The minimum atomic E-state index is -1.18. The molecule has 1 aliphatic heterocycles. The second kappa shape index (κ2) is 5.91. The Morgan fingerprint density at radius 2 is 2.20 bits per heavy atom. The summed E-state index contributed by atoms with van der Waals surface area (Å²) in [5.74, 6) is 0. The van der Waals surface area contributed by atoms with Gasteiger partial charge >= 0.3 is 6.09 Å². The average Bonchev–Trinajstić information content (AvgIpc) is 2.86. The third kappa shape index (κ3) is 3.79. The standard InChI is InChI=1S/C14H20N2O3S/c1-14(2,3)19-13(17)16-9-7-11(10-16)20(18)12-6-4-5-8-15-12/h4-6,8,11H,7,9-10H2,1-3H3/t11-,20?/m1/s1. The summed E-state index contributed by atoms with van der Waals surface area (Å²) in [6.07, 6.45) is 2.01. The van der Waals surface area contributed by atoms with Gasteiger partial charge < -0.3 is 9.64 Å². The van der Waals surface area contributed by atoms with Crippen molar-refractivity contribution >= 4 is 16.9 Å². The van der Waals surface area contributed by atoms with Crippen LogP contribution in [0, 0.1) is 0 Å². The van der Waals surface area contributed by atoms with Gasteiger partial charge in [-0.2, -0.15) is 0 Å². The Morgan fingerprint density at radius 1 is 1.45 bits per heavy atom. The number of carbonyl (C=O) groups is 1. The molecule has 110 valence electrons. The maximum Gasteiger partial charge on any atom is 0.410 e. The number of hydrogen-bond acceptors (Lipinski definition) is 4. The van der Waals surface area contributed by atoms with Crippen LogP contribution >= 0.6 is 0 Å². The van der Waals surface area contributed by atoms with Gasteiger partial charge in [0.1, 0.15) is 10.6 Å². The number of amides is 1. The highest BCUT2D eigenvalue weighted by Crippen LogP contribution is 2.21. The molecule has 2 heterocycles. The molecule has 0 bridgehead atoms. The van der Waals surface area contributed by atoms with Crippen LogP contribution in [-0.4, -0.2) is 44.1 Å². The monoisotopic (exact) mass is 296 g/mol. The van der Waals surface area contributed by atoms with Crippen LogP contribution in [0.25, 0.3) is 0 Å². The summed E-state index contributed by atoms with van der Waals surface area (Å²) in [5.41, 5.74) is -0.505. The summed E-state index contributed by atoms with van der Waals surface area (Å²) < 4.78 is 17.7. The van der Waals surface area contributed by atoms with Gasteiger partial charge in [0, 0.05) is 19.3 Å². The summed E-state index contributed by atoms with van der Waals surface area (Å²) >= 11 is 0. The first kappa shape index (κ1) is 15.0. The molecule has 0 N–H and O–H groups in total. The number of ether oxygens (including phenoxy) is 1. The molecule has 0 aromatic carbocycles. The van der Waals surface area contributed by atoms with E-state index < -0.39 is 16.4 Å². The normalized spacial score (nSPS) is 20.8. The number of aromatic nitrogens is 1. The van der Waals surface area contributed by atoms with Gasteiger partial charge in [0.15, 0.2) is 0 Å². The van der Waals surface area contributed by atoms with E-state index in [0.717, 1.165) is 0 Å². The molecule has 2 rings (SSSR count). The predicted octanol–water partition coefficient (Wildman–Crippen LogP) is 2.20. The molecule has 1 aromatic rings. The number of pyridine rings is 1. The van der Waals surface area contributed by atoms with Gasteiger partial charge in [-0.1, -0.05) is 6.07 Å². The zero-order valence-electron chi connectivity index (χ0n) is 12.0. The van der Waals surface area contributed by atoms with Crippen LogP contribution < -0.4 is 0 Å². The van der Waals surface area contributed by atoms with Gasteiger partial charge in [-0.05, 0) is 39.3 Å². The first-order valence-corrected chi connectivity index (χ1v) is 7.87. The molecule has 1 unspecified atom stereocenters. The number of carbonyl (C=O) groups excluding carboxylic acids is 1. The molecular formula is C14H20N2O3S. The van der Waals surface area contributed by atoms with Gasteiger partial charge in [0.2, 0.25) is 0 Å². The van der Waals surface area contributed by atoms with Crippen molar-refractivity contribution in [3.05, 3.63) is 24.4 Å². The van der Waals surface area contributed by atoms with Crippen molar-refractivity contribution < 1.29 is 13.7 Å².